The quantitative estimate of drug-likeness (QED) is 0.391. The maximum absolute atomic E-state index is 12.3. The van der Waals surface area contributed by atoms with Gasteiger partial charge in [-0.15, -0.1) is 0 Å². The number of esters is 1. The Kier molecular flexibility index (Phi) is 6.08. The molecular weight excluding hydrogens is 392 g/mol. The van der Waals surface area contributed by atoms with E-state index < -0.39 is 5.97 Å². The van der Waals surface area contributed by atoms with Crippen LogP contribution in [0.3, 0.4) is 0 Å². The van der Waals surface area contributed by atoms with Crippen LogP contribution >= 0.6 is 15.9 Å². The zero-order valence-corrected chi connectivity index (χ0v) is 16.0. The van der Waals surface area contributed by atoms with Gasteiger partial charge in [0.25, 0.3) is 0 Å². The Morgan fingerprint density at radius 3 is 2.38 bits per heavy atom. The van der Waals surface area contributed by atoms with Gasteiger partial charge in [-0.25, -0.2) is 4.79 Å². The van der Waals surface area contributed by atoms with Crippen molar-refractivity contribution in [3.8, 4) is 11.5 Å². The van der Waals surface area contributed by atoms with Crippen LogP contribution in [0.2, 0.25) is 0 Å². The first-order valence-electron chi connectivity index (χ1n) is 8.37. The maximum Gasteiger partial charge on any atom is 0.343 e. The minimum atomic E-state index is -0.398. The zero-order valence-electron chi connectivity index (χ0n) is 14.4. The number of aryl methyl sites for hydroxylation is 1. The molecule has 0 spiro atoms. The molecule has 3 aromatic rings. The van der Waals surface area contributed by atoms with Crippen molar-refractivity contribution in [2.24, 2.45) is 0 Å². The van der Waals surface area contributed by atoms with Gasteiger partial charge in [0.15, 0.2) is 0 Å². The van der Waals surface area contributed by atoms with Gasteiger partial charge in [-0.2, -0.15) is 0 Å². The Morgan fingerprint density at radius 2 is 1.69 bits per heavy atom. The number of hydrogen-bond acceptors (Lipinski definition) is 3. The van der Waals surface area contributed by atoms with Gasteiger partial charge in [0, 0.05) is 6.42 Å². The Bertz CT molecular complexity index is 874. The van der Waals surface area contributed by atoms with Crippen molar-refractivity contribution in [2.45, 2.75) is 13.3 Å². The van der Waals surface area contributed by atoms with E-state index in [1.807, 2.05) is 37.3 Å². The number of carbonyl (C=O) groups excluding carboxylic acids is 1. The van der Waals surface area contributed by atoms with E-state index >= 15 is 0 Å². The van der Waals surface area contributed by atoms with Crippen LogP contribution in [0.15, 0.2) is 77.3 Å². The summed E-state index contributed by atoms with van der Waals surface area (Å²) >= 11 is 3.41. The smallest absolute Gasteiger partial charge is 0.343 e. The first-order chi connectivity index (χ1) is 12.6. The molecule has 0 bridgehead atoms. The van der Waals surface area contributed by atoms with E-state index in [4.69, 9.17) is 9.47 Å². The lowest BCUT2D eigenvalue weighted by Crippen LogP contribution is -2.09. The molecule has 0 aliphatic carbocycles. The molecule has 4 heteroatoms. The average molecular weight is 411 g/mol. The fraction of sp³-hybridized carbons (Fsp3) is 0.136. The Labute approximate surface area is 161 Å². The third-order valence-electron chi connectivity index (χ3n) is 3.88. The van der Waals surface area contributed by atoms with Gasteiger partial charge in [-0.3, -0.25) is 0 Å². The lowest BCUT2D eigenvalue weighted by molar-refractivity contribution is 0.0733. The maximum atomic E-state index is 12.3. The number of ether oxygens (including phenoxy) is 2. The topological polar surface area (TPSA) is 35.5 Å². The van der Waals surface area contributed by atoms with Crippen molar-refractivity contribution < 1.29 is 14.3 Å². The van der Waals surface area contributed by atoms with Crippen LogP contribution in [0, 0.1) is 6.92 Å². The summed E-state index contributed by atoms with van der Waals surface area (Å²) in [5.74, 6) is 0.836. The van der Waals surface area contributed by atoms with Crippen LogP contribution in [0.1, 0.15) is 21.5 Å². The molecule has 132 valence electrons. The molecule has 0 heterocycles. The van der Waals surface area contributed by atoms with E-state index in [-0.39, 0.29) is 0 Å². The van der Waals surface area contributed by atoms with Crippen LogP contribution in [0.5, 0.6) is 11.5 Å². The van der Waals surface area contributed by atoms with Gasteiger partial charge in [0.05, 0.1) is 16.6 Å². The van der Waals surface area contributed by atoms with Crippen LogP contribution < -0.4 is 9.47 Å². The summed E-state index contributed by atoms with van der Waals surface area (Å²) in [6.45, 7) is 2.57. The molecule has 26 heavy (non-hydrogen) atoms. The van der Waals surface area contributed by atoms with Gasteiger partial charge in [-0.05, 0) is 70.4 Å². The number of benzene rings is 3. The van der Waals surface area contributed by atoms with E-state index in [1.54, 1.807) is 30.3 Å². The first-order valence-corrected chi connectivity index (χ1v) is 9.16. The first kappa shape index (κ1) is 18.2. The molecule has 3 rings (SSSR count). The molecule has 0 radical (unpaired) electrons. The Hall–Kier alpha value is -2.59. The molecule has 0 saturated carbocycles. The minimum absolute atomic E-state index is 0.398. The van der Waals surface area contributed by atoms with Gasteiger partial charge < -0.3 is 9.47 Å². The highest BCUT2D eigenvalue weighted by Crippen LogP contribution is 2.26. The predicted molar refractivity (Wildman–Crippen MR) is 106 cm³/mol. The molecule has 0 amide bonds. The molecule has 0 atom stereocenters. The fourth-order valence-electron chi connectivity index (χ4n) is 2.47. The molecular formula is C22H19BrO3. The number of hydrogen-bond donors (Lipinski definition) is 0. The lowest BCUT2D eigenvalue weighted by atomic mass is 10.2. The molecule has 0 fully saturated rings. The molecule has 0 saturated heterocycles. The van der Waals surface area contributed by atoms with E-state index in [0.29, 0.717) is 17.9 Å². The van der Waals surface area contributed by atoms with Crippen molar-refractivity contribution >= 4 is 21.9 Å². The van der Waals surface area contributed by atoms with E-state index in [1.165, 1.54) is 5.56 Å². The second-order valence-electron chi connectivity index (χ2n) is 5.93. The van der Waals surface area contributed by atoms with Crippen LogP contribution in [-0.2, 0) is 6.42 Å². The number of carbonyl (C=O) groups is 1. The van der Waals surface area contributed by atoms with E-state index in [2.05, 4.69) is 28.1 Å². The summed E-state index contributed by atoms with van der Waals surface area (Å²) in [4.78, 5) is 12.3. The molecule has 0 aromatic heterocycles. The molecule has 0 unspecified atom stereocenters. The van der Waals surface area contributed by atoms with Crippen molar-refractivity contribution in [3.63, 3.8) is 0 Å². The molecule has 0 N–H and O–H groups in total. The van der Waals surface area contributed by atoms with Gasteiger partial charge in [0.2, 0.25) is 0 Å². The summed E-state index contributed by atoms with van der Waals surface area (Å²) in [6.07, 6.45) is 0.839. The second kappa shape index (κ2) is 8.68. The fourth-order valence-corrected chi connectivity index (χ4v) is 3.04. The summed E-state index contributed by atoms with van der Waals surface area (Å²) in [5, 5.41) is 0. The van der Waals surface area contributed by atoms with Gasteiger partial charge in [0.1, 0.15) is 11.5 Å². The zero-order chi connectivity index (χ0) is 18.4. The standard InChI is InChI=1S/C22H19BrO3/c1-16-7-12-21(20(23)15-16)26-22(24)18-8-10-19(11-9-18)25-14-13-17-5-3-2-4-6-17/h2-12,15H,13-14H2,1H3. The Balaban J connectivity index is 1.55. The molecule has 0 aliphatic rings. The van der Waals surface area contributed by atoms with Gasteiger partial charge in [-0.1, -0.05) is 36.4 Å². The third-order valence-corrected chi connectivity index (χ3v) is 4.50. The highest BCUT2D eigenvalue weighted by atomic mass is 79.9. The van der Waals surface area contributed by atoms with Crippen LogP contribution in [0.4, 0.5) is 0 Å². The summed E-state index contributed by atoms with van der Waals surface area (Å²) in [6, 6.07) is 22.8. The number of rotatable bonds is 6. The van der Waals surface area contributed by atoms with Crippen LogP contribution in [-0.4, -0.2) is 12.6 Å². The van der Waals surface area contributed by atoms with Crippen molar-refractivity contribution in [3.05, 3.63) is 94.0 Å². The lowest BCUT2D eigenvalue weighted by Gasteiger charge is -2.09. The SMILES string of the molecule is Cc1ccc(OC(=O)c2ccc(OCCc3ccccc3)cc2)c(Br)c1. The monoisotopic (exact) mass is 410 g/mol. The van der Waals surface area contributed by atoms with Crippen molar-refractivity contribution in [1.82, 2.24) is 0 Å². The highest BCUT2D eigenvalue weighted by molar-refractivity contribution is 9.10. The van der Waals surface area contributed by atoms with E-state index in [0.717, 1.165) is 22.2 Å². The van der Waals surface area contributed by atoms with Gasteiger partial charge >= 0.3 is 5.97 Å². The summed E-state index contributed by atoms with van der Waals surface area (Å²) in [5.41, 5.74) is 2.80. The number of halogens is 1. The largest absolute Gasteiger partial charge is 0.493 e. The molecule has 0 aliphatic heterocycles. The third kappa shape index (κ3) is 4.96. The highest BCUT2D eigenvalue weighted by Gasteiger charge is 2.11. The predicted octanol–water partition coefficient (Wildman–Crippen LogP) is 5.60. The Morgan fingerprint density at radius 1 is 0.962 bits per heavy atom. The molecule has 3 aromatic carbocycles. The minimum Gasteiger partial charge on any atom is -0.493 e. The summed E-state index contributed by atoms with van der Waals surface area (Å²) in [7, 11) is 0. The van der Waals surface area contributed by atoms with Crippen molar-refractivity contribution in [1.29, 1.82) is 0 Å². The van der Waals surface area contributed by atoms with E-state index in [9.17, 15) is 4.79 Å². The second-order valence-corrected chi connectivity index (χ2v) is 6.79. The molecule has 3 nitrogen and oxygen atoms in total. The normalized spacial score (nSPS) is 10.4. The van der Waals surface area contributed by atoms with Crippen LogP contribution in [0.25, 0.3) is 0 Å². The van der Waals surface area contributed by atoms with Crippen molar-refractivity contribution in [2.75, 3.05) is 6.61 Å². The average Bonchev–Trinajstić information content (AvgIpc) is 2.65. The summed E-state index contributed by atoms with van der Waals surface area (Å²) < 4.78 is 11.9.